The van der Waals surface area contributed by atoms with Crippen LogP contribution in [0.25, 0.3) is 0 Å². The van der Waals surface area contributed by atoms with E-state index < -0.39 is 5.91 Å². The van der Waals surface area contributed by atoms with Gasteiger partial charge in [-0.05, 0) is 13.1 Å². The Morgan fingerprint density at radius 1 is 1.39 bits per heavy atom. The highest BCUT2D eigenvalue weighted by atomic mass is 16.3. The molecule has 100 valence electrons. The van der Waals surface area contributed by atoms with Crippen molar-refractivity contribution >= 4 is 11.8 Å². The van der Waals surface area contributed by atoms with E-state index in [1.165, 1.54) is 11.2 Å². The molecule has 0 saturated carbocycles. The van der Waals surface area contributed by atoms with E-state index in [9.17, 15) is 9.59 Å². The predicted octanol–water partition coefficient (Wildman–Crippen LogP) is -0.597. The van der Waals surface area contributed by atoms with E-state index in [1.807, 2.05) is 5.43 Å². The number of furan rings is 1. The Morgan fingerprint density at radius 3 is 2.61 bits per heavy atom. The summed E-state index contributed by atoms with van der Waals surface area (Å²) in [7, 11) is 5.15. The maximum absolute atomic E-state index is 11.5. The molecule has 2 amide bonds. The highest BCUT2D eigenvalue weighted by Gasteiger charge is 2.16. The van der Waals surface area contributed by atoms with Crippen molar-refractivity contribution in [1.29, 1.82) is 0 Å². The third kappa shape index (κ3) is 3.57. The summed E-state index contributed by atoms with van der Waals surface area (Å²) in [6.07, 6.45) is 1.42. The van der Waals surface area contributed by atoms with Crippen molar-refractivity contribution in [3.8, 4) is 0 Å². The van der Waals surface area contributed by atoms with Crippen molar-refractivity contribution in [2.45, 2.75) is 6.54 Å². The monoisotopic (exact) mass is 254 g/mol. The molecule has 0 radical (unpaired) electrons. The van der Waals surface area contributed by atoms with Crippen LogP contribution in [0.15, 0.2) is 16.7 Å². The maximum Gasteiger partial charge on any atom is 0.268 e. The summed E-state index contributed by atoms with van der Waals surface area (Å²) < 4.78 is 5.22. The van der Waals surface area contributed by atoms with Crippen molar-refractivity contribution < 1.29 is 14.0 Å². The lowest BCUT2D eigenvalue weighted by Crippen LogP contribution is -2.35. The molecule has 0 bridgehead atoms. The molecule has 0 atom stereocenters. The fraction of sp³-hybridized carbons (Fsp3) is 0.455. The Bertz CT molecular complexity index is 428. The van der Waals surface area contributed by atoms with Gasteiger partial charge >= 0.3 is 0 Å². The Balaban J connectivity index is 2.65. The highest BCUT2D eigenvalue weighted by molar-refractivity contribution is 5.94. The molecule has 18 heavy (non-hydrogen) atoms. The molecule has 0 aliphatic carbocycles. The zero-order valence-electron chi connectivity index (χ0n) is 10.8. The highest BCUT2D eigenvalue weighted by Crippen LogP contribution is 2.12. The number of amides is 2. The van der Waals surface area contributed by atoms with Crippen molar-refractivity contribution in [2.75, 3.05) is 27.7 Å². The van der Waals surface area contributed by atoms with Gasteiger partial charge in [0.1, 0.15) is 5.76 Å². The third-order valence-corrected chi connectivity index (χ3v) is 2.44. The largest absolute Gasteiger partial charge is 0.467 e. The van der Waals surface area contributed by atoms with E-state index in [1.54, 1.807) is 32.1 Å². The van der Waals surface area contributed by atoms with E-state index in [2.05, 4.69) is 0 Å². The normalized spacial score (nSPS) is 10.5. The molecule has 0 aliphatic heterocycles. The second kappa shape index (κ2) is 6.18. The first-order valence-electron chi connectivity index (χ1n) is 5.41. The second-order valence-corrected chi connectivity index (χ2v) is 4.19. The fourth-order valence-corrected chi connectivity index (χ4v) is 1.42. The van der Waals surface area contributed by atoms with Gasteiger partial charge in [0.2, 0.25) is 5.91 Å². The topological polar surface area (TPSA) is 91.8 Å². The summed E-state index contributed by atoms with van der Waals surface area (Å²) in [5.74, 6) is 5.12. The number of carbonyl (C=O) groups excluding carboxylic acids is 2. The Morgan fingerprint density at radius 2 is 2.06 bits per heavy atom. The molecule has 0 unspecified atom stereocenters. The number of hydrazine groups is 1. The van der Waals surface area contributed by atoms with Crippen LogP contribution in [0.5, 0.6) is 0 Å². The van der Waals surface area contributed by atoms with E-state index in [0.717, 1.165) is 0 Å². The lowest BCUT2D eigenvalue weighted by atomic mass is 10.2. The molecule has 1 aromatic heterocycles. The second-order valence-electron chi connectivity index (χ2n) is 4.19. The van der Waals surface area contributed by atoms with E-state index in [0.29, 0.717) is 17.9 Å². The van der Waals surface area contributed by atoms with Crippen LogP contribution in [0, 0.1) is 0 Å². The van der Waals surface area contributed by atoms with Crippen LogP contribution in [-0.2, 0) is 11.3 Å². The quantitative estimate of drug-likeness (QED) is 0.416. The number of carbonyl (C=O) groups is 2. The van der Waals surface area contributed by atoms with Crippen molar-refractivity contribution in [1.82, 2.24) is 15.2 Å². The average molecular weight is 254 g/mol. The number of likely N-dealkylation sites (N-methyl/N-ethyl adjacent to an activating group) is 2. The van der Waals surface area contributed by atoms with Crippen LogP contribution >= 0.6 is 0 Å². The third-order valence-electron chi connectivity index (χ3n) is 2.44. The molecule has 0 saturated heterocycles. The Labute approximate surface area is 105 Å². The number of nitrogens with one attached hydrogen (secondary N) is 1. The minimum absolute atomic E-state index is 0.0196. The molecule has 7 heteroatoms. The van der Waals surface area contributed by atoms with Gasteiger partial charge in [-0.15, -0.1) is 0 Å². The summed E-state index contributed by atoms with van der Waals surface area (Å²) in [6.45, 7) is 0.604. The van der Waals surface area contributed by atoms with Gasteiger partial charge < -0.3 is 9.32 Å². The van der Waals surface area contributed by atoms with Crippen LogP contribution in [0.3, 0.4) is 0 Å². The zero-order valence-corrected chi connectivity index (χ0v) is 10.8. The minimum Gasteiger partial charge on any atom is -0.467 e. The molecule has 0 aromatic carbocycles. The fourth-order valence-electron chi connectivity index (χ4n) is 1.42. The van der Waals surface area contributed by atoms with Crippen molar-refractivity contribution in [3.05, 3.63) is 23.7 Å². The van der Waals surface area contributed by atoms with Crippen molar-refractivity contribution in [2.24, 2.45) is 5.84 Å². The van der Waals surface area contributed by atoms with Crippen molar-refractivity contribution in [3.63, 3.8) is 0 Å². The lowest BCUT2D eigenvalue weighted by Gasteiger charge is -2.18. The van der Waals surface area contributed by atoms with E-state index in [-0.39, 0.29) is 12.5 Å². The summed E-state index contributed by atoms with van der Waals surface area (Å²) in [5.41, 5.74) is 2.42. The van der Waals surface area contributed by atoms with Crippen LogP contribution < -0.4 is 11.3 Å². The maximum atomic E-state index is 11.5. The number of nitrogens with zero attached hydrogens (tertiary/aromatic N) is 2. The molecular formula is C11H18N4O3. The summed E-state index contributed by atoms with van der Waals surface area (Å²) in [6, 6.07) is 1.54. The number of hydrogen-bond acceptors (Lipinski definition) is 5. The first kappa shape index (κ1) is 14.2. The molecule has 1 heterocycles. The van der Waals surface area contributed by atoms with Gasteiger partial charge in [-0.25, -0.2) is 5.84 Å². The first-order valence-corrected chi connectivity index (χ1v) is 5.41. The lowest BCUT2D eigenvalue weighted by molar-refractivity contribution is -0.129. The standard InChI is InChI=1S/C11H18N4O3/c1-14(2)10(16)7-15(3)6-9-8(4-5-18-9)11(17)13-12/h4-5H,6-7,12H2,1-3H3,(H,13,17). The molecule has 1 aromatic rings. The summed E-state index contributed by atoms with van der Waals surface area (Å²) in [4.78, 5) is 26.2. The minimum atomic E-state index is -0.411. The van der Waals surface area contributed by atoms with Gasteiger partial charge in [-0.2, -0.15) is 0 Å². The SMILES string of the molecule is CN(CC(=O)N(C)C)Cc1occc1C(=O)NN. The predicted molar refractivity (Wildman–Crippen MR) is 65.4 cm³/mol. The molecule has 1 rings (SSSR count). The van der Waals surface area contributed by atoms with Gasteiger partial charge in [0, 0.05) is 14.1 Å². The molecule has 3 N–H and O–H groups in total. The Kier molecular flexibility index (Phi) is 4.87. The van der Waals surface area contributed by atoms with Gasteiger partial charge in [-0.3, -0.25) is 19.9 Å². The van der Waals surface area contributed by atoms with Gasteiger partial charge in [0.15, 0.2) is 0 Å². The molecule has 7 nitrogen and oxygen atoms in total. The van der Waals surface area contributed by atoms with Gasteiger partial charge in [0.05, 0.1) is 24.9 Å². The molecule has 0 fully saturated rings. The van der Waals surface area contributed by atoms with E-state index >= 15 is 0 Å². The van der Waals surface area contributed by atoms with Crippen LogP contribution in [0.1, 0.15) is 16.1 Å². The first-order chi connectivity index (χ1) is 8.45. The van der Waals surface area contributed by atoms with Crippen LogP contribution in [0.4, 0.5) is 0 Å². The number of nitrogen functional groups attached to an aromatic ring is 1. The molecule has 0 spiro atoms. The van der Waals surface area contributed by atoms with Crippen LogP contribution in [-0.4, -0.2) is 49.3 Å². The Hall–Kier alpha value is -1.86. The molecular weight excluding hydrogens is 236 g/mol. The summed E-state index contributed by atoms with van der Waals surface area (Å²) >= 11 is 0. The smallest absolute Gasteiger partial charge is 0.268 e. The van der Waals surface area contributed by atoms with Gasteiger partial charge in [-0.1, -0.05) is 0 Å². The van der Waals surface area contributed by atoms with Gasteiger partial charge in [0.25, 0.3) is 5.91 Å². The summed E-state index contributed by atoms with van der Waals surface area (Å²) in [5, 5.41) is 0. The number of hydrogen-bond donors (Lipinski definition) is 2. The number of nitrogens with two attached hydrogens (primary N) is 1. The average Bonchev–Trinajstić information content (AvgIpc) is 2.75. The number of rotatable bonds is 5. The van der Waals surface area contributed by atoms with E-state index in [4.69, 9.17) is 10.3 Å². The van der Waals surface area contributed by atoms with Crippen LogP contribution in [0.2, 0.25) is 0 Å². The molecule has 0 aliphatic rings. The zero-order chi connectivity index (χ0) is 13.7.